The largest absolute Gasteiger partial charge is 0.573 e. The van der Waals surface area contributed by atoms with Gasteiger partial charge in [-0.2, -0.15) is 4.31 Å². The molecule has 10 heteroatoms. The zero-order valence-corrected chi connectivity index (χ0v) is 16.5. The fraction of sp³-hybridized carbons (Fsp3) is 0.250. The minimum absolute atomic E-state index is 0.119. The van der Waals surface area contributed by atoms with Crippen LogP contribution in [0.3, 0.4) is 0 Å². The van der Waals surface area contributed by atoms with E-state index in [0.717, 1.165) is 29.8 Å². The fourth-order valence-corrected chi connectivity index (χ4v) is 4.45. The van der Waals surface area contributed by atoms with Crippen LogP contribution < -0.4 is 10.1 Å². The van der Waals surface area contributed by atoms with Crippen LogP contribution in [0, 0.1) is 0 Å². The van der Waals surface area contributed by atoms with Crippen molar-refractivity contribution in [3.63, 3.8) is 0 Å². The molecule has 0 aromatic heterocycles. The maximum atomic E-state index is 12.7. The summed E-state index contributed by atoms with van der Waals surface area (Å²) in [6.45, 7) is 0.348. The van der Waals surface area contributed by atoms with Crippen LogP contribution in [0.1, 0.15) is 12.8 Å². The van der Waals surface area contributed by atoms with E-state index in [0.29, 0.717) is 18.5 Å². The average Bonchev–Trinajstić information content (AvgIpc) is 2.68. The van der Waals surface area contributed by atoms with Crippen LogP contribution in [-0.2, 0) is 14.8 Å². The molecular weight excluding hydrogens is 421 g/mol. The Labute approximate surface area is 172 Å². The molecule has 1 saturated heterocycles. The van der Waals surface area contributed by atoms with E-state index >= 15 is 0 Å². The molecule has 1 fully saturated rings. The molecule has 1 aliphatic rings. The number of halogens is 3. The summed E-state index contributed by atoms with van der Waals surface area (Å²) in [5.41, 5.74) is 1.49. The molecule has 2 aromatic carbocycles. The Kier molecular flexibility index (Phi) is 6.47. The highest BCUT2D eigenvalue weighted by Crippen LogP contribution is 2.27. The number of anilines is 1. The molecule has 1 heterocycles. The van der Waals surface area contributed by atoms with Crippen molar-refractivity contribution >= 4 is 21.6 Å². The molecule has 1 aliphatic heterocycles. The zero-order valence-electron chi connectivity index (χ0n) is 15.7. The van der Waals surface area contributed by atoms with Crippen LogP contribution in [0.2, 0.25) is 0 Å². The average molecular weight is 440 g/mol. The van der Waals surface area contributed by atoms with E-state index in [1.807, 2.05) is 6.07 Å². The molecule has 1 amide bonds. The number of nitrogens with zero attached hydrogens (tertiary/aromatic N) is 1. The van der Waals surface area contributed by atoms with Crippen molar-refractivity contribution in [3.8, 4) is 5.75 Å². The Hall–Kier alpha value is -2.85. The van der Waals surface area contributed by atoms with Gasteiger partial charge in [-0.25, -0.2) is 8.42 Å². The maximum Gasteiger partial charge on any atom is 0.573 e. The van der Waals surface area contributed by atoms with Crippen LogP contribution in [0.4, 0.5) is 18.9 Å². The van der Waals surface area contributed by atoms with Crippen molar-refractivity contribution in [2.75, 3.05) is 18.4 Å². The van der Waals surface area contributed by atoms with Crippen molar-refractivity contribution in [3.05, 3.63) is 66.2 Å². The molecule has 0 aliphatic carbocycles. The molecule has 0 bridgehead atoms. The quantitative estimate of drug-likeness (QED) is 0.715. The van der Waals surface area contributed by atoms with Crippen molar-refractivity contribution in [2.45, 2.75) is 24.1 Å². The van der Waals surface area contributed by atoms with Gasteiger partial charge in [-0.05, 0) is 49.2 Å². The highest BCUT2D eigenvalue weighted by molar-refractivity contribution is 7.89. The van der Waals surface area contributed by atoms with Gasteiger partial charge in [0.05, 0.1) is 4.90 Å². The minimum atomic E-state index is -4.84. The first-order valence-electron chi connectivity index (χ1n) is 9.05. The number of nitrogens with one attached hydrogen (secondary N) is 1. The number of rotatable bonds is 5. The Bertz CT molecular complexity index is 1010. The number of amides is 1. The van der Waals surface area contributed by atoms with Gasteiger partial charge in [-0.15, -0.1) is 13.2 Å². The topological polar surface area (TPSA) is 75.7 Å². The molecule has 0 saturated carbocycles. The van der Waals surface area contributed by atoms with Crippen molar-refractivity contribution in [1.82, 2.24) is 4.31 Å². The van der Waals surface area contributed by atoms with Crippen LogP contribution in [-0.4, -0.2) is 38.1 Å². The summed E-state index contributed by atoms with van der Waals surface area (Å²) < 4.78 is 67.1. The number of carbonyl (C=O) groups excluding carboxylic acids is 1. The minimum Gasteiger partial charge on any atom is -0.406 e. The molecular formula is C20H19F3N2O4S. The Morgan fingerprint density at radius 1 is 1.00 bits per heavy atom. The number of alkyl halides is 3. The third-order valence-electron chi connectivity index (χ3n) is 4.44. The van der Waals surface area contributed by atoms with Gasteiger partial charge in [0.15, 0.2) is 0 Å². The van der Waals surface area contributed by atoms with Gasteiger partial charge in [-0.1, -0.05) is 23.8 Å². The number of ether oxygens (including phenoxy) is 1. The van der Waals surface area contributed by atoms with Gasteiger partial charge in [-0.3, -0.25) is 4.79 Å². The molecule has 0 atom stereocenters. The summed E-state index contributed by atoms with van der Waals surface area (Å²) in [6.07, 6.45) is -2.60. The first-order chi connectivity index (χ1) is 14.1. The van der Waals surface area contributed by atoms with Crippen molar-refractivity contribution in [1.29, 1.82) is 0 Å². The Morgan fingerprint density at radius 2 is 1.60 bits per heavy atom. The molecule has 160 valence electrons. The van der Waals surface area contributed by atoms with Gasteiger partial charge < -0.3 is 10.1 Å². The van der Waals surface area contributed by atoms with E-state index in [-0.39, 0.29) is 23.9 Å². The highest BCUT2D eigenvalue weighted by Gasteiger charge is 2.32. The Balaban J connectivity index is 1.60. The van der Waals surface area contributed by atoms with Crippen LogP contribution in [0.25, 0.3) is 0 Å². The molecule has 6 nitrogen and oxygen atoms in total. The number of hydrogen-bond donors (Lipinski definition) is 1. The Morgan fingerprint density at radius 3 is 2.17 bits per heavy atom. The number of benzene rings is 2. The van der Waals surface area contributed by atoms with Crippen molar-refractivity contribution < 1.29 is 31.1 Å². The van der Waals surface area contributed by atoms with E-state index < -0.39 is 22.1 Å². The standard InChI is InChI=1S/C20H19F3N2O4S/c21-20(22,23)29-17-6-8-18(9-7-17)30(27,28)25-12-10-15(11-13-25)14-19(26)24-16-4-2-1-3-5-16/h1-9,14H,10-13H2,(H,24,26). The van der Waals surface area contributed by atoms with Crippen LogP contribution >= 0.6 is 0 Å². The van der Waals surface area contributed by atoms with Gasteiger partial charge in [0, 0.05) is 24.9 Å². The third-order valence-corrected chi connectivity index (χ3v) is 6.35. The molecule has 0 spiro atoms. The lowest BCUT2D eigenvalue weighted by Crippen LogP contribution is -2.36. The summed E-state index contributed by atoms with van der Waals surface area (Å²) in [6, 6.07) is 13.0. The normalized spacial score (nSPS) is 15.5. The predicted molar refractivity (Wildman–Crippen MR) is 104 cm³/mol. The fourth-order valence-electron chi connectivity index (χ4n) is 3.01. The molecule has 0 unspecified atom stereocenters. The van der Waals surface area contributed by atoms with Gasteiger partial charge in [0.25, 0.3) is 0 Å². The van der Waals surface area contributed by atoms with Crippen LogP contribution in [0.15, 0.2) is 71.1 Å². The summed E-state index contributed by atoms with van der Waals surface area (Å²) in [5, 5.41) is 2.74. The molecule has 3 rings (SSSR count). The molecule has 30 heavy (non-hydrogen) atoms. The number of para-hydroxylation sites is 1. The second-order valence-corrected chi connectivity index (χ2v) is 8.52. The van der Waals surface area contributed by atoms with Crippen molar-refractivity contribution in [2.24, 2.45) is 0 Å². The van der Waals surface area contributed by atoms with Gasteiger partial charge in [0.1, 0.15) is 5.75 Å². The van der Waals surface area contributed by atoms with E-state index in [2.05, 4.69) is 10.1 Å². The summed E-state index contributed by atoms with van der Waals surface area (Å²) in [5.74, 6) is -0.775. The SMILES string of the molecule is O=C(C=C1CCN(S(=O)(=O)c2ccc(OC(F)(F)F)cc2)CC1)Nc1ccccc1. The number of sulfonamides is 1. The van der Waals surface area contributed by atoms with Gasteiger partial charge in [0.2, 0.25) is 15.9 Å². The second kappa shape index (κ2) is 8.88. The van der Waals surface area contributed by atoms with Crippen LogP contribution in [0.5, 0.6) is 5.75 Å². The summed E-state index contributed by atoms with van der Waals surface area (Å²) in [7, 11) is -3.85. The smallest absolute Gasteiger partial charge is 0.406 e. The summed E-state index contributed by atoms with van der Waals surface area (Å²) in [4.78, 5) is 12.0. The second-order valence-electron chi connectivity index (χ2n) is 6.58. The lowest BCUT2D eigenvalue weighted by Gasteiger charge is -2.27. The molecule has 1 N–H and O–H groups in total. The van der Waals surface area contributed by atoms with E-state index in [1.54, 1.807) is 24.3 Å². The number of hydrogen-bond acceptors (Lipinski definition) is 4. The van der Waals surface area contributed by atoms with E-state index in [4.69, 9.17) is 0 Å². The number of carbonyl (C=O) groups is 1. The zero-order chi connectivity index (χ0) is 21.8. The highest BCUT2D eigenvalue weighted by atomic mass is 32.2. The predicted octanol–water partition coefficient (Wildman–Crippen LogP) is 3.93. The van der Waals surface area contributed by atoms with Gasteiger partial charge >= 0.3 is 6.36 Å². The molecule has 2 aromatic rings. The third kappa shape index (κ3) is 5.83. The monoisotopic (exact) mass is 440 g/mol. The first-order valence-corrected chi connectivity index (χ1v) is 10.5. The lowest BCUT2D eigenvalue weighted by molar-refractivity contribution is -0.274. The van der Waals surface area contributed by atoms with E-state index in [1.165, 1.54) is 10.4 Å². The molecule has 0 radical (unpaired) electrons. The maximum absolute atomic E-state index is 12.7. The number of piperidine rings is 1. The summed E-state index contributed by atoms with van der Waals surface area (Å²) >= 11 is 0. The first kappa shape index (κ1) is 21.8. The lowest BCUT2D eigenvalue weighted by atomic mass is 10.1. The van der Waals surface area contributed by atoms with E-state index in [9.17, 15) is 26.4 Å².